The molecule has 2 heterocycles. The van der Waals surface area contributed by atoms with Crippen LogP contribution in [0, 0.1) is 0 Å². The van der Waals surface area contributed by atoms with Gasteiger partial charge in [-0.2, -0.15) is 0 Å². The largest absolute Gasteiger partial charge is 0.325 e. The molecule has 0 bridgehead atoms. The molecule has 3 rings (SSSR count). The summed E-state index contributed by atoms with van der Waals surface area (Å²) in [7, 11) is 0. The molecule has 0 unspecified atom stereocenters. The quantitative estimate of drug-likeness (QED) is 0.907. The number of aryl methyl sites for hydroxylation is 1. The number of nitrogens with zero attached hydrogens (tertiary/aromatic N) is 4. The molecule has 0 amide bonds. The summed E-state index contributed by atoms with van der Waals surface area (Å²) in [4.78, 5) is 2.50. The SMILES string of the molecule is NCc1cn(CCN2CCCc3ccccc3C2)nn1. The molecule has 0 atom stereocenters. The third kappa shape index (κ3) is 3.05. The monoisotopic (exact) mass is 271 g/mol. The molecule has 0 fully saturated rings. The van der Waals surface area contributed by atoms with E-state index in [2.05, 4.69) is 39.5 Å². The van der Waals surface area contributed by atoms with Crippen molar-refractivity contribution >= 4 is 0 Å². The number of hydrogen-bond donors (Lipinski definition) is 1. The van der Waals surface area contributed by atoms with E-state index in [9.17, 15) is 0 Å². The Morgan fingerprint density at radius 2 is 2.00 bits per heavy atom. The fourth-order valence-electron chi connectivity index (χ4n) is 2.74. The first kappa shape index (κ1) is 13.3. The minimum absolute atomic E-state index is 0.455. The highest BCUT2D eigenvalue weighted by Gasteiger charge is 2.13. The van der Waals surface area contributed by atoms with Gasteiger partial charge < -0.3 is 5.73 Å². The van der Waals surface area contributed by atoms with Crippen molar-refractivity contribution in [2.45, 2.75) is 32.5 Å². The van der Waals surface area contributed by atoms with Crippen LogP contribution >= 0.6 is 0 Å². The number of aromatic nitrogens is 3. The summed E-state index contributed by atoms with van der Waals surface area (Å²) in [6, 6.07) is 8.77. The Morgan fingerprint density at radius 3 is 2.80 bits per heavy atom. The number of benzene rings is 1. The second-order valence-electron chi connectivity index (χ2n) is 5.33. The maximum absolute atomic E-state index is 5.55. The summed E-state index contributed by atoms with van der Waals surface area (Å²) >= 11 is 0. The minimum atomic E-state index is 0.455. The molecule has 106 valence electrons. The zero-order valence-corrected chi connectivity index (χ0v) is 11.7. The van der Waals surface area contributed by atoms with E-state index in [1.54, 1.807) is 0 Å². The molecule has 2 aromatic rings. The van der Waals surface area contributed by atoms with E-state index in [0.29, 0.717) is 6.54 Å². The van der Waals surface area contributed by atoms with Gasteiger partial charge in [0.2, 0.25) is 0 Å². The Hall–Kier alpha value is -1.72. The molecule has 0 spiro atoms. The van der Waals surface area contributed by atoms with Crippen LogP contribution in [0.15, 0.2) is 30.5 Å². The van der Waals surface area contributed by atoms with Crippen molar-refractivity contribution in [3.8, 4) is 0 Å². The molecule has 1 aromatic carbocycles. The summed E-state index contributed by atoms with van der Waals surface area (Å²) < 4.78 is 1.89. The maximum Gasteiger partial charge on any atom is 0.0962 e. The maximum atomic E-state index is 5.55. The molecule has 5 heteroatoms. The lowest BCUT2D eigenvalue weighted by Gasteiger charge is -2.20. The highest BCUT2D eigenvalue weighted by molar-refractivity contribution is 5.27. The lowest BCUT2D eigenvalue weighted by molar-refractivity contribution is 0.253. The van der Waals surface area contributed by atoms with Gasteiger partial charge in [-0.1, -0.05) is 29.5 Å². The van der Waals surface area contributed by atoms with Crippen LogP contribution in [0.25, 0.3) is 0 Å². The average Bonchev–Trinajstić information content (AvgIpc) is 2.84. The van der Waals surface area contributed by atoms with E-state index >= 15 is 0 Å². The predicted molar refractivity (Wildman–Crippen MR) is 78.0 cm³/mol. The highest BCUT2D eigenvalue weighted by Crippen LogP contribution is 2.18. The van der Waals surface area contributed by atoms with Crippen molar-refractivity contribution in [3.05, 3.63) is 47.3 Å². The number of nitrogens with two attached hydrogens (primary N) is 1. The third-order valence-corrected chi connectivity index (χ3v) is 3.87. The van der Waals surface area contributed by atoms with Crippen molar-refractivity contribution in [2.24, 2.45) is 5.73 Å². The van der Waals surface area contributed by atoms with Gasteiger partial charge in [-0.25, -0.2) is 0 Å². The summed E-state index contributed by atoms with van der Waals surface area (Å²) in [6.07, 6.45) is 4.35. The van der Waals surface area contributed by atoms with Crippen LogP contribution < -0.4 is 5.73 Å². The smallest absolute Gasteiger partial charge is 0.0962 e. The van der Waals surface area contributed by atoms with E-state index in [1.807, 2.05) is 10.9 Å². The molecule has 0 radical (unpaired) electrons. The normalized spacial score (nSPS) is 15.8. The van der Waals surface area contributed by atoms with Gasteiger partial charge in [0, 0.05) is 25.8 Å². The van der Waals surface area contributed by atoms with E-state index in [4.69, 9.17) is 5.73 Å². The van der Waals surface area contributed by atoms with E-state index in [-0.39, 0.29) is 0 Å². The lowest BCUT2D eigenvalue weighted by atomic mass is 10.0. The first-order valence-electron chi connectivity index (χ1n) is 7.23. The van der Waals surface area contributed by atoms with Crippen LogP contribution in [0.1, 0.15) is 23.2 Å². The van der Waals surface area contributed by atoms with Gasteiger partial charge >= 0.3 is 0 Å². The molecule has 0 saturated carbocycles. The Balaban J connectivity index is 1.61. The van der Waals surface area contributed by atoms with Crippen LogP contribution in [0.5, 0.6) is 0 Å². The summed E-state index contributed by atoms with van der Waals surface area (Å²) in [5.41, 5.74) is 9.37. The first-order chi connectivity index (χ1) is 9.85. The standard InChI is InChI=1S/C15H21N5/c16-10-15-12-20(18-17-15)9-8-19-7-3-6-13-4-1-2-5-14(13)11-19/h1-2,4-5,12H,3,6-11,16H2. The molecule has 1 aliphatic heterocycles. The van der Waals surface area contributed by atoms with Gasteiger partial charge in [0.15, 0.2) is 0 Å². The molecule has 1 aromatic heterocycles. The highest BCUT2D eigenvalue weighted by atomic mass is 15.4. The van der Waals surface area contributed by atoms with Gasteiger partial charge in [-0.05, 0) is 30.5 Å². The molecule has 1 aliphatic rings. The Kier molecular flexibility index (Phi) is 4.08. The van der Waals surface area contributed by atoms with Crippen LogP contribution in [-0.2, 0) is 26.1 Å². The van der Waals surface area contributed by atoms with Crippen molar-refractivity contribution in [2.75, 3.05) is 13.1 Å². The molecular weight excluding hydrogens is 250 g/mol. The van der Waals surface area contributed by atoms with Crippen molar-refractivity contribution in [1.82, 2.24) is 19.9 Å². The zero-order chi connectivity index (χ0) is 13.8. The zero-order valence-electron chi connectivity index (χ0n) is 11.7. The first-order valence-corrected chi connectivity index (χ1v) is 7.23. The van der Waals surface area contributed by atoms with Gasteiger partial charge in [0.1, 0.15) is 0 Å². The topological polar surface area (TPSA) is 60.0 Å². The Bertz CT molecular complexity index is 563. The summed E-state index contributed by atoms with van der Waals surface area (Å²) in [6.45, 7) is 4.51. The third-order valence-electron chi connectivity index (χ3n) is 3.87. The van der Waals surface area contributed by atoms with E-state index < -0.39 is 0 Å². The van der Waals surface area contributed by atoms with Crippen LogP contribution in [0.2, 0.25) is 0 Å². The minimum Gasteiger partial charge on any atom is -0.325 e. The van der Waals surface area contributed by atoms with Gasteiger partial charge in [0.05, 0.1) is 12.2 Å². The van der Waals surface area contributed by atoms with Gasteiger partial charge in [-0.15, -0.1) is 5.10 Å². The predicted octanol–water partition coefficient (Wildman–Crippen LogP) is 1.19. The Morgan fingerprint density at radius 1 is 1.15 bits per heavy atom. The van der Waals surface area contributed by atoms with Crippen molar-refractivity contribution in [1.29, 1.82) is 0 Å². The molecule has 0 aliphatic carbocycles. The molecular formula is C15H21N5. The van der Waals surface area contributed by atoms with Gasteiger partial charge in [0.25, 0.3) is 0 Å². The van der Waals surface area contributed by atoms with E-state index in [0.717, 1.165) is 31.9 Å². The van der Waals surface area contributed by atoms with Crippen LogP contribution in [0.3, 0.4) is 0 Å². The second kappa shape index (κ2) is 6.15. The van der Waals surface area contributed by atoms with Crippen molar-refractivity contribution < 1.29 is 0 Å². The average molecular weight is 271 g/mol. The van der Waals surface area contributed by atoms with E-state index in [1.165, 1.54) is 24.0 Å². The number of rotatable bonds is 4. The number of hydrogen-bond acceptors (Lipinski definition) is 4. The fraction of sp³-hybridized carbons (Fsp3) is 0.467. The summed E-state index contributed by atoms with van der Waals surface area (Å²) in [5.74, 6) is 0. The molecule has 5 nitrogen and oxygen atoms in total. The lowest BCUT2D eigenvalue weighted by Crippen LogP contribution is -2.27. The Labute approximate surface area is 119 Å². The molecule has 20 heavy (non-hydrogen) atoms. The van der Waals surface area contributed by atoms with Crippen LogP contribution in [-0.4, -0.2) is 33.0 Å². The molecule has 0 saturated heterocycles. The number of fused-ring (bicyclic) bond motifs is 1. The summed E-state index contributed by atoms with van der Waals surface area (Å²) in [5, 5.41) is 8.12. The van der Waals surface area contributed by atoms with Gasteiger partial charge in [-0.3, -0.25) is 9.58 Å². The fourth-order valence-corrected chi connectivity index (χ4v) is 2.74. The second-order valence-corrected chi connectivity index (χ2v) is 5.33. The van der Waals surface area contributed by atoms with Crippen LogP contribution in [0.4, 0.5) is 0 Å². The van der Waals surface area contributed by atoms with Crippen molar-refractivity contribution in [3.63, 3.8) is 0 Å². The molecule has 2 N–H and O–H groups in total.